The molecule has 1 aromatic heterocycles. The van der Waals surface area contributed by atoms with E-state index in [1.54, 1.807) is 54.7 Å². The minimum Gasteiger partial charge on any atom is -0.486 e. The molecule has 0 fully saturated rings. The van der Waals surface area contributed by atoms with Gasteiger partial charge in [-0.1, -0.05) is 12.1 Å². The van der Waals surface area contributed by atoms with Crippen molar-refractivity contribution in [1.82, 2.24) is 14.9 Å². The van der Waals surface area contributed by atoms with Gasteiger partial charge in [0.25, 0.3) is 11.8 Å². The summed E-state index contributed by atoms with van der Waals surface area (Å²) in [6.07, 6.45) is 3.57. The summed E-state index contributed by atoms with van der Waals surface area (Å²) in [6, 6.07) is 13.3. The van der Waals surface area contributed by atoms with Gasteiger partial charge in [0.1, 0.15) is 18.2 Å². The quantitative estimate of drug-likeness (QED) is 0.486. The number of benzene rings is 2. The second-order valence-corrected chi connectivity index (χ2v) is 6.74. The van der Waals surface area contributed by atoms with Gasteiger partial charge in [-0.05, 0) is 36.4 Å². The van der Waals surface area contributed by atoms with E-state index in [-0.39, 0.29) is 24.4 Å². The Morgan fingerprint density at radius 3 is 2.48 bits per heavy atom. The van der Waals surface area contributed by atoms with Crippen molar-refractivity contribution < 1.29 is 19.1 Å². The van der Waals surface area contributed by atoms with E-state index in [9.17, 15) is 14.4 Å². The number of primary amides is 1. The molecule has 3 rings (SSSR count). The SMILES string of the molecule is Cn1ccnc1COc1ccc(C(=O)Nc2ccccc2C(=O)NCCC(N)=O)cc1. The molecule has 0 unspecified atom stereocenters. The molecule has 0 bridgehead atoms. The van der Waals surface area contributed by atoms with Gasteiger partial charge >= 0.3 is 0 Å². The Morgan fingerprint density at radius 2 is 1.81 bits per heavy atom. The lowest BCUT2D eigenvalue weighted by Gasteiger charge is -2.12. The molecular weight excluding hydrogens is 398 g/mol. The van der Waals surface area contributed by atoms with Crippen LogP contribution < -0.4 is 21.1 Å². The number of nitrogens with one attached hydrogen (secondary N) is 2. The fourth-order valence-electron chi connectivity index (χ4n) is 2.77. The van der Waals surface area contributed by atoms with Gasteiger partial charge in [-0.2, -0.15) is 0 Å². The van der Waals surface area contributed by atoms with E-state index in [0.717, 1.165) is 5.82 Å². The first-order valence-corrected chi connectivity index (χ1v) is 9.60. The number of carbonyl (C=O) groups excluding carboxylic acids is 3. The van der Waals surface area contributed by atoms with E-state index in [1.165, 1.54) is 0 Å². The monoisotopic (exact) mass is 421 g/mol. The summed E-state index contributed by atoms with van der Waals surface area (Å²) in [5.74, 6) is 0.110. The van der Waals surface area contributed by atoms with Crippen LogP contribution in [0.3, 0.4) is 0 Å². The molecule has 0 radical (unpaired) electrons. The standard InChI is InChI=1S/C22H23N5O4/c1-27-13-12-24-20(27)14-31-16-8-6-15(7-9-16)21(29)26-18-5-3-2-4-17(18)22(30)25-11-10-19(23)28/h2-9,12-13H,10-11,14H2,1H3,(H2,23,28)(H,25,30)(H,26,29). The summed E-state index contributed by atoms with van der Waals surface area (Å²) in [7, 11) is 1.88. The van der Waals surface area contributed by atoms with Crippen LogP contribution in [0.4, 0.5) is 5.69 Å². The van der Waals surface area contributed by atoms with Crippen molar-refractivity contribution in [2.24, 2.45) is 12.8 Å². The zero-order chi connectivity index (χ0) is 22.2. The highest BCUT2D eigenvalue weighted by molar-refractivity contribution is 6.09. The minimum atomic E-state index is -0.505. The maximum Gasteiger partial charge on any atom is 0.255 e. The van der Waals surface area contributed by atoms with E-state index in [4.69, 9.17) is 10.5 Å². The van der Waals surface area contributed by atoms with Crippen molar-refractivity contribution in [3.8, 4) is 5.75 Å². The zero-order valence-corrected chi connectivity index (χ0v) is 17.0. The summed E-state index contributed by atoms with van der Waals surface area (Å²) in [6.45, 7) is 0.434. The number of anilines is 1. The van der Waals surface area contributed by atoms with E-state index in [2.05, 4.69) is 15.6 Å². The fourth-order valence-corrected chi connectivity index (χ4v) is 2.77. The molecule has 9 nitrogen and oxygen atoms in total. The number of hydrogen-bond donors (Lipinski definition) is 3. The molecule has 0 saturated carbocycles. The highest BCUT2D eigenvalue weighted by Gasteiger charge is 2.14. The van der Waals surface area contributed by atoms with Gasteiger partial charge in [0.15, 0.2) is 0 Å². The Hall–Kier alpha value is -4.14. The third-order valence-corrected chi connectivity index (χ3v) is 4.48. The van der Waals surface area contributed by atoms with E-state index in [1.807, 2.05) is 17.8 Å². The molecule has 0 aliphatic rings. The first-order chi connectivity index (χ1) is 14.9. The minimum absolute atomic E-state index is 0.0365. The van der Waals surface area contributed by atoms with Crippen molar-refractivity contribution in [3.05, 3.63) is 77.9 Å². The molecule has 160 valence electrons. The number of imidazole rings is 1. The van der Waals surface area contributed by atoms with E-state index in [0.29, 0.717) is 23.6 Å². The lowest BCUT2D eigenvalue weighted by atomic mass is 10.1. The Morgan fingerprint density at radius 1 is 1.06 bits per heavy atom. The molecule has 9 heteroatoms. The molecule has 2 aromatic carbocycles. The number of aromatic nitrogens is 2. The normalized spacial score (nSPS) is 10.4. The molecule has 1 heterocycles. The number of rotatable bonds is 9. The van der Waals surface area contributed by atoms with Gasteiger partial charge in [-0.15, -0.1) is 0 Å². The Kier molecular flexibility index (Phi) is 7.00. The summed E-state index contributed by atoms with van der Waals surface area (Å²) in [5.41, 5.74) is 6.14. The van der Waals surface area contributed by atoms with Crippen LogP contribution in [0.25, 0.3) is 0 Å². The number of nitrogens with two attached hydrogens (primary N) is 1. The Bertz CT molecular complexity index is 1080. The first kappa shape index (κ1) is 21.6. The molecule has 0 aliphatic carbocycles. The Balaban J connectivity index is 1.61. The van der Waals surface area contributed by atoms with Crippen molar-refractivity contribution in [1.29, 1.82) is 0 Å². The van der Waals surface area contributed by atoms with Crippen molar-refractivity contribution in [2.75, 3.05) is 11.9 Å². The van der Waals surface area contributed by atoms with Gasteiger partial charge in [0.2, 0.25) is 5.91 Å². The summed E-state index contributed by atoms with van der Waals surface area (Å²) in [5, 5.41) is 5.35. The highest BCUT2D eigenvalue weighted by Crippen LogP contribution is 2.18. The number of para-hydroxylation sites is 1. The smallest absolute Gasteiger partial charge is 0.255 e. The van der Waals surface area contributed by atoms with E-state index < -0.39 is 11.8 Å². The largest absolute Gasteiger partial charge is 0.486 e. The number of amides is 3. The average Bonchev–Trinajstić information content (AvgIpc) is 3.17. The zero-order valence-electron chi connectivity index (χ0n) is 17.0. The van der Waals surface area contributed by atoms with Crippen LogP contribution in [0.2, 0.25) is 0 Å². The lowest BCUT2D eigenvalue weighted by molar-refractivity contribution is -0.117. The number of ether oxygens (including phenoxy) is 1. The molecule has 0 saturated heterocycles. The second-order valence-electron chi connectivity index (χ2n) is 6.74. The maximum atomic E-state index is 12.6. The van der Waals surface area contributed by atoms with Gasteiger partial charge in [0, 0.05) is 38.0 Å². The molecular formula is C22H23N5O4. The van der Waals surface area contributed by atoms with Crippen LogP contribution in [0.1, 0.15) is 33.0 Å². The predicted octanol–water partition coefficient (Wildman–Crippen LogP) is 1.86. The van der Waals surface area contributed by atoms with Gasteiger partial charge in [0.05, 0.1) is 11.3 Å². The Labute approximate surface area is 179 Å². The van der Waals surface area contributed by atoms with Crippen molar-refractivity contribution >= 4 is 23.4 Å². The predicted molar refractivity (Wildman–Crippen MR) is 115 cm³/mol. The maximum absolute atomic E-state index is 12.6. The molecule has 3 amide bonds. The van der Waals surface area contributed by atoms with Crippen molar-refractivity contribution in [3.63, 3.8) is 0 Å². The summed E-state index contributed by atoms with van der Waals surface area (Å²) >= 11 is 0. The van der Waals surface area contributed by atoms with Crippen LogP contribution in [-0.4, -0.2) is 33.8 Å². The first-order valence-electron chi connectivity index (χ1n) is 9.60. The number of nitrogens with zero attached hydrogens (tertiary/aromatic N) is 2. The van der Waals surface area contributed by atoms with Gasteiger partial charge in [-0.3, -0.25) is 14.4 Å². The lowest BCUT2D eigenvalue weighted by Crippen LogP contribution is -2.28. The van der Waals surface area contributed by atoms with Crippen LogP contribution in [0.5, 0.6) is 5.75 Å². The number of carbonyl (C=O) groups is 3. The second kappa shape index (κ2) is 10.1. The number of hydrogen-bond acceptors (Lipinski definition) is 5. The summed E-state index contributed by atoms with van der Waals surface area (Å²) in [4.78, 5) is 40.0. The molecule has 0 atom stereocenters. The molecule has 3 aromatic rings. The highest BCUT2D eigenvalue weighted by atomic mass is 16.5. The topological polar surface area (TPSA) is 128 Å². The average molecular weight is 421 g/mol. The molecule has 0 aliphatic heterocycles. The fraction of sp³-hybridized carbons (Fsp3) is 0.182. The van der Waals surface area contributed by atoms with Crippen LogP contribution in [0, 0.1) is 0 Å². The summed E-state index contributed by atoms with van der Waals surface area (Å²) < 4.78 is 7.55. The van der Waals surface area contributed by atoms with Crippen LogP contribution in [0.15, 0.2) is 60.9 Å². The molecule has 31 heavy (non-hydrogen) atoms. The number of aryl methyl sites for hydroxylation is 1. The van der Waals surface area contributed by atoms with Crippen LogP contribution >= 0.6 is 0 Å². The molecule has 4 N–H and O–H groups in total. The van der Waals surface area contributed by atoms with Crippen molar-refractivity contribution in [2.45, 2.75) is 13.0 Å². The third kappa shape index (κ3) is 5.92. The third-order valence-electron chi connectivity index (χ3n) is 4.48. The van der Waals surface area contributed by atoms with Crippen LogP contribution in [-0.2, 0) is 18.4 Å². The van der Waals surface area contributed by atoms with Gasteiger partial charge in [-0.25, -0.2) is 4.98 Å². The van der Waals surface area contributed by atoms with E-state index >= 15 is 0 Å². The molecule has 0 spiro atoms. The van der Waals surface area contributed by atoms with Gasteiger partial charge < -0.3 is 25.7 Å².